The van der Waals surface area contributed by atoms with E-state index in [1.54, 1.807) is 91.3 Å². The Morgan fingerprint density at radius 1 is 0.377 bits per heavy atom. The van der Waals surface area contributed by atoms with E-state index in [0.29, 0.717) is 17.2 Å². The zero-order valence-corrected chi connectivity index (χ0v) is 39.9. The second kappa shape index (κ2) is 55.4. The van der Waals surface area contributed by atoms with Gasteiger partial charge < -0.3 is 40.1 Å². The number of H-pyrrole nitrogens is 2. The molecule has 0 saturated heterocycles. The first-order chi connectivity index (χ1) is 24.0. The number of para-hydroxylation sites is 2. The van der Waals surface area contributed by atoms with Gasteiger partial charge in [0.2, 0.25) is 11.1 Å². The molecule has 7 nitrogen and oxygen atoms in total. The molecule has 6 aromatic rings. The van der Waals surface area contributed by atoms with Gasteiger partial charge in [0.1, 0.15) is 17.2 Å². The molecule has 6 rings (SSSR count). The van der Waals surface area contributed by atoms with Crippen LogP contribution in [0.5, 0.6) is 17.2 Å². The Hall–Kier alpha value is -3.35. The molecule has 0 saturated carbocycles. The van der Waals surface area contributed by atoms with Gasteiger partial charge in [-0.1, -0.05) is 154 Å². The summed E-state index contributed by atoms with van der Waals surface area (Å²) in [5.74, 6) is 0.994. The van der Waals surface area contributed by atoms with Crippen LogP contribution in [0.4, 0.5) is 0 Å². The predicted octanol–water partition coefficient (Wildman–Crippen LogP) is 12.1. The third-order valence-corrected chi connectivity index (χ3v) is 4.64. The Balaban J connectivity index is -0.0000000744. The number of phenolic OH excluding ortho intramolecular Hbond substituents is 3. The number of benzene rings is 4. The average Bonchev–Trinajstić information content (AvgIpc) is 3.18. The Bertz CT molecular complexity index is 1480. The first-order valence-corrected chi connectivity index (χ1v) is 16.9. The fourth-order valence-electron chi connectivity index (χ4n) is 2.82. The number of phenols is 3. The maximum absolute atomic E-state index is 10.2. The molecule has 0 amide bonds. The molecule has 9 heteroatoms. The van der Waals surface area contributed by atoms with Crippen molar-refractivity contribution in [1.82, 2.24) is 9.97 Å². The van der Waals surface area contributed by atoms with Gasteiger partial charge >= 0.3 is 0 Å². The summed E-state index contributed by atoms with van der Waals surface area (Å²) in [5, 5.41) is 28.6. The second-order valence-electron chi connectivity index (χ2n) is 7.62. The minimum absolute atomic E-state index is 0. The first kappa shape index (κ1) is 67.7. The van der Waals surface area contributed by atoms with Gasteiger partial charge in [-0.2, -0.15) is 0 Å². The molecule has 0 spiro atoms. The summed E-state index contributed by atoms with van der Waals surface area (Å²) in [5.41, 5.74) is -0.106. The van der Waals surface area contributed by atoms with Crippen molar-refractivity contribution in [2.45, 2.75) is 69.2 Å². The number of hydrogen-bond donors (Lipinski definition) is 5. The van der Waals surface area contributed by atoms with Crippen molar-refractivity contribution in [3.63, 3.8) is 0 Å². The number of aromatic nitrogens is 2. The molecule has 0 unspecified atom stereocenters. The van der Waals surface area contributed by atoms with E-state index in [-0.39, 0.29) is 91.4 Å². The Kier molecular flexibility index (Phi) is 70.8. The van der Waals surface area contributed by atoms with Crippen molar-refractivity contribution < 1.29 is 80.7 Å². The van der Waals surface area contributed by atoms with Crippen LogP contribution in [-0.4, -0.2) is 25.3 Å². The van der Waals surface area contributed by atoms with Gasteiger partial charge in [-0.25, -0.2) is 0 Å². The van der Waals surface area contributed by atoms with Gasteiger partial charge in [0, 0.05) is 95.3 Å². The summed E-state index contributed by atoms with van der Waals surface area (Å²) in [4.78, 5) is 25.4. The van der Waals surface area contributed by atoms with Crippen LogP contribution in [0.15, 0.2) is 162 Å². The van der Waals surface area contributed by atoms with E-state index in [1.807, 2.05) is 118 Å². The van der Waals surface area contributed by atoms with E-state index in [0.717, 1.165) is 10.8 Å². The third-order valence-electron chi connectivity index (χ3n) is 4.64. The van der Waals surface area contributed by atoms with Crippen LogP contribution in [0.1, 0.15) is 69.2 Å². The number of nitrogens with one attached hydrogen (secondary N) is 2. The van der Waals surface area contributed by atoms with Crippen LogP contribution < -0.4 is 11.1 Å². The number of rotatable bonds is 0. The molecule has 0 aliphatic carbocycles. The quantitative estimate of drug-likeness (QED) is 0.0972. The van der Waals surface area contributed by atoms with E-state index < -0.39 is 0 Å². The zero-order chi connectivity index (χ0) is 38.1. The second-order valence-corrected chi connectivity index (χ2v) is 7.62. The fraction of sp³-hybridized carbons (Fsp3) is 0.227. The molecule has 290 valence electrons. The topological polar surface area (TPSA) is 126 Å². The van der Waals surface area contributed by atoms with Crippen molar-refractivity contribution in [3.8, 4) is 17.2 Å². The SMILES string of the molecule is CC.CC.CC.CC.CC.O=c1cccc[nH]1.O=c1cccc[nH]1.Oc1cccc2ccccc12.Oc1ccccc1.Oc1ccccc1.[CH3-].[CH3-].[Y].[Y]. The van der Waals surface area contributed by atoms with E-state index in [4.69, 9.17) is 10.2 Å². The van der Waals surface area contributed by atoms with Crippen LogP contribution in [0.3, 0.4) is 0 Å². The van der Waals surface area contributed by atoms with Crippen molar-refractivity contribution in [3.05, 3.63) is 187 Å². The maximum atomic E-state index is 10.2. The summed E-state index contributed by atoms with van der Waals surface area (Å²) in [6.45, 7) is 20.0. The summed E-state index contributed by atoms with van der Waals surface area (Å²) >= 11 is 0. The molecule has 0 aliphatic heterocycles. The monoisotopic (exact) mass is 880 g/mol. The van der Waals surface area contributed by atoms with E-state index >= 15 is 0 Å². The van der Waals surface area contributed by atoms with Crippen molar-refractivity contribution in [2.24, 2.45) is 0 Å². The zero-order valence-electron chi connectivity index (χ0n) is 34.2. The van der Waals surface area contributed by atoms with Crippen LogP contribution in [0.2, 0.25) is 0 Å². The van der Waals surface area contributed by atoms with E-state index in [9.17, 15) is 14.7 Å². The molecule has 0 bridgehead atoms. The molecule has 2 aromatic heterocycles. The standard InChI is InChI=1S/C10H8O.2C6H6O.2C5H5NO.5C2H6.2CH3.2Y/c11-10-7-3-5-8-4-1-2-6-9(8)10;2*7-6-4-2-1-3-5-6;2*7-5-3-1-2-4-6-5;5*1-2;;;;/h1-7,11H;2*1-5,7H;2*1-4H,(H,6,7);5*1-2H3;2*1H3;;/q;;;;;;;;;;2*-1;;. The van der Waals surface area contributed by atoms with E-state index in [2.05, 4.69) is 9.97 Å². The van der Waals surface area contributed by atoms with Crippen molar-refractivity contribution >= 4 is 10.8 Å². The first-order valence-electron chi connectivity index (χ1n) is 16.9. The summed E-state index contributed by atoms with van der Waals surface area (Å²) in [6.07, 6.45) is 3.20. The Morgan fingerprint density at radius 2 is 0.679 bits per heavy atom. The summed E-state index contributed by atoms with van der Waals surface area (Å²) in [6, 6.07) is 40.6. The Labute approximate surface area is 372 Å². The molecular weight excluding hydrogens is 814 g/mol. The number of pyridine rings is 2. The smallest absolute Gasteiger partial charge is 0.247 e. The number of aromatic amines is 2. The molecule has 0 atom stereocenters. The van der Waals surface area contributed by atoms with Gasteiger partial charge in [0.05, 0.1) is 0 Å². The van der Waals surface area contributed by atoms with Crippen molar-refractivity contribution in [2.75, 3.05) is 0 Å². The molecule has 2 radical (unpaired) electrons. The predicted molar refractivity (Wildman–Crippen MR) is 226 cm³/mol. The fourth-order valence-corrected chi connectivity index (χ4v) is 2.82. The van der Waals surface area contributed by atoms with Gasteiger partial charge in [-0.3, -0.25) is 9.59 Å². The minimum Gasteiger partial charge on any atom is -0.508 e. The average molecular weight is 881 g/mol. The number of aromatic hydroxyl groups is 3. The third kappa shape index (κ3) is 42.9. The maximum Gasteiger partial charge on any atom is 0.247 e. The van der Waals surface area contributed by atoms with Gasteiger partial charge in [-0.05, 0) is 47.9 Å². The largest absolute Gasteiger partial charge is 0.508 e. The minimum atomic E-state index is -0.0532. The molecule has 4 aromatic carbocycles. The Morgan fingerprint density at radius 3 is 0.925 bits per heavy atom. The van der Waals surface area contributed by atoms with Gasteiger partial charge in [-0.15, -0.1) is 0 Å². The van der Waals surface area contributed by atoms with E-state index in [1.165, 1.54) is 12.1 Å². The molecule has 0 aliphatic rings. The normalized spacial score (nSPS) is 7.21. The van der Waals surface area contributed by atoms with Crippen LogP contribution >= 0.6 is 0 Å². The van der Waals surface area contributed by atoms with Crippen LogP contribution in [0, 0.1) is 14.9 Å². The van der Waals surface area contributed by atoms with Crippen LogP contribution in [-0.2, 0) is 65.4 Å². The van der Waals surface area contributed by atoms with Crippen LogP contribution in [0.25, 0.3) is 10.8 Å². The summed E-state index contributed by atoms with van der Waals surface area (Å²) in [7, 11) is 0. The van der Waals surface area contributed by atoms with Gasteiger partial charge in [0.15, 0.2) is 0 Å². The number of fused-ring (bicyclic) bond motifs is 1. The molecule has 0 fully saturated rings. The molecule has 2 heterocycles. The number of hydrogen-bond acceptors (Lipinski definition) is 5. The molecule has 5 N–H and O–H groups in total. The summed E-state index contributed by atoms with van der Waals surface area (Å²) < 4.78 is 0. The molecular formula is C44H66N2O5Y2-2. The van der Waals surface area contributed by atoms with Crippen molar-refractivity contribution in [1.29, 1.82) is 0 Å². The van der Waals surface area contributed by atoms with Gasteiger partial charge in [0.25, 0.3) is 0 Å². The molecule has 53 heavy (non-hydrogen) atoms.